The number of ether oxygens (including phenoxy) is 1. The van der Waals surface area contributed by atoms with Crippen LogP contribution in [0.3, 0.4) is 0 Å². The standard InChI is InChI=1S/C13H20N4O5S/c1-2-16-5-6-22-10(9-16)8-15-12-4-3-11(23(14,20)21)7-13(12)17(18)19/h3-4,7,10,15H,2,5-6,8-9H2,1H3,(H2,14,20,21). The van der Waals surface area contributed by atoms with E-state index in [-0.39, 0.29) is 22.4 Å². The molecule has 0 spiro atoms. The van der Waals surface area contributed by atoms with Crippen LogP contribution in [0.25, 0.3) is 0 Å². The second-order valence-electron chi connectivity index (χ2n) is 5.25. The Kier molecular flexibility index (Phi) is 5.52. The largest absolute Gasteiger partial charge is 0.377 e. The summed E-state index contributed by atoms with van der Waals surface area (Å²) in [5.41, 5.74) is -0.0979. The molecule has 1 heterocycles. The van der Waals surface area contributed by atoms with Gasteiger partial charge >= 0.3 is 0 Å². The van der Waals surface area contributed by atoms with Gasteiger partial charge < -0.3 is 10.1 Å². The summed E-state index contributed by atoms with van der Waals surface area (Å²) < 4.78 is 28.2. The number of nitrogens with two attached hydrogens (primary N) is 1. The number of nitro groups is 1. The number of likely N-dealkylation sites (N-methyl/N-ethyl adjacent to an activating group) is 1. The summed E-state index contributed by atoms with van der Waals surface area (Å²) in [6, 6.07) is 3.54. The minimum absolute atomic E-state index is 0.0822. The summed E-state index contributed by atoms with van der Waals surface area (Å²) in [6.07, 6.45) is -0.0822. The molecule has 10 heteroatoms. The number of nitrogens with one attached hydrogen (secondary N) is 1. The van der Waals surface area contributed by atoms with Crippen LogP contribution in [0.1, 0.15) is 6.92 Å². The molecule has 0 aliphatic carbocycles. The summed E-state index contributed by atoms with van der Waals surface area (Å²) in [5, 5.41) is 19.1. The normalized spacial score (nSPS) is 19.5. The highest BCUT2D eigenvalue weighted by Gasteiger charge is 2.22. The molecule has 0 radical (unpaired) electrons. The Bertz CT molecular complexity index is 679. The Hall–Kier alpha value is -1.75. The van der Waals surface area contributed by atoms with Crippen molar-refractivity contribution in [1.82, 2.24) is 4.90 Å². The number of primary sulfonamides is 1. The topological polar surface area (TPSA) is 128 Å². The van der Waals surface area contributed by atoms with Crippen LogP contribution in [0.5, 0.6) is 0 Å². The van der Waals surface area contributed by atoms with Gasteiger partial charge in [-0.15, -0.1) is 0 Å². The van der Waals surface area contributed by atoms with E-state index in [0.29, 0.717) is 13.2 Å². The monoisotopic (exact) mass is 344 g/mol. The van der Waals surface area contributed by atoms with E-state index in [4.69, 9.17) is 9.88 Å². The number of rotatable bonds is 6. The Morgan fingerprint density at radius 1 is 1.52 bits per heavy atom. The summed E-state index contributed by atoms with van der Waals surface area (Å²) >= 11 is 0. The molecule has 0 aromatic heterocycles. The zero-order chi connectivity index (χ0) is 17.0. The van der Waals surface area contributed by atoms with Crippen molar-refractivity contribution >= 4 is 21.4 Å². The van der Waals surface area contributed by atoms with Gasteiger partial charge in [-0.1, -0.05) is 6.92 Å². The van der Waals surface area contributed by atoms with Gasteiger partial charge in [-0.2, -0.15) is 0 Å². The first-order chi connectivity index (χ1) is 10.8. The predicted molar refractivity (Wildman–Crippen MR) is 84.8 cm³/mol. The SMILES string of the molecule is CCN1CCOC(CNc2ccc(S(N)(=O)=O)cc2[N+](=O)[O-])C1. The molecule has 23 heavy (non-hydrogen) atoms. The van der Waals surface area contributed by atoms with Crippen molar-refractivity contribution in [2.75, 3.05) is 38.1 Å². The van der Waals surface area contributed by atoms with Crippen LogP contribution in [0.15, 0.2) is 23.1 Å². The number of nitrogens with zero attached hydrogens (tertiary/aromatic N) is 2. The average Bonchev–Trinajstić information content (AvgIpc) is 2.52. The van der Waals surface area contributed by atoms with Gasteiger partial charge in [0.05, 0.1) is 22.5 Å². The van der Waals surface area contributed by atoms with E-state index < -0.39 is 14.9 Å². The van der Waals surface area contributed by atoms with Crippen molar-refractivity contribution in [3.8, 4) is 0 Å². The smallest absolute Gasteiger partial charge is 0.293 e. The molecule has 1 atom stereocenters. The van der Waals surface area contributed by atoms with Gasteiger partial charge in [0, 0.05) is 25.7 Å². The molecule has 1 aliphatic rings. The maximum absolute atomic E-state index is 11.3. The first kappa shape index (κ1) is 17.6. The fourth-order valence-electron chi connectivity index (χ4n) is 2.40. The van der Waals surface area contributed by atoms with E-state index in [9.17, 15) is 18.5 Å². The maximum atomic E-state index is 11.3. The fraction of sp³-hybridized carbons (Fsp3) is 0.538. The third-order valence-corrected chi connectivity index (χ3v) is 4.60. The fourth-order valence-corrected chi connectivity index (χ4v) is 2.94. The lowest BCUT2D eigenvalue weighted by Crippen LogP contribution is -2.45. The Morgan fingerprint density at radius 2 is 2.26 bits per heavy atom. The van der Waals surface area contributed by atoms with Gasteiger partial charge in [-0.05, 0) is 18.7 Å². The molecule has 9 nitrogen and oxygen atoms in total. The van der Waals surface area contributed by atoms with Crippen LogP contribution in [0, 0.1) is 10.1 Å². The van der Waals surface area contributed by atoms with Gasteiger partial charge in [-0.25, -0.2) is 13.6 Å². The number of morpholine rings is 1. The molecule has 1 aromatic carbocycles. The first-order valence-corrected chi connectivity index (χ1v) is 8.75. The highest BCUT2D eigenvalue weighted by atomic mass is 32.2. The Labute approximate surface area is 134 Å². The van der Waals surface area contributed by atoms with Crippen molar-refractivity contribution in [3.05, 3.63) is 28.3 Å². The third kappa shape index (κ3) is 4.61. The summed E-state index contributed by atoms with van der Waals surface area (Å²) in [6.45, 7) is 5.61. The van der Waals surface area contributed by atoms with Crippen LogP contribution in [0.2, 0.25) is 0 Å². The number of nitro benzene ring substituents is 1. The quantitative estimate of drug-likeness (QED) is 0.564. The number of anilines is 1. The van der Waals surface area contributed by atoms with Gasteiger partial charge in [0.25, 0.3) is 5.69 Å². The number of benzene rings is 1. The van der Waals surface area contributed by atoms with Gasteiger partial charge in [-0.3, -0.25) is 15.0 Å². The van der Waals surface area contributed by atoms with Crippen molar-refractivity contribution < 1.29 is 18.1 Å². The lowest BCUT2D eigenvalue weighted by molar-refractivity contribution is -0.384. The zero-order valence-electron chi connectivity index (χ0n) is 12.8. The average molecular weight is 344 g/mol. The lowest BCUT2D eigenvalue weighted by Gasteiger charge is -2.32. The second-order valence-corrected chi connectivity index (χ2v) is 6.81. The van der Waals surface area contributed by atoms with E-state index >= 15 is 0 Å². The zero-order valence-corrected chi connectivity index (χ0v) is 13.6. The van der Waals surface area contributed by atoms with Crippen molar-refractivity contribution in [2.24, 2.45) is 5.14 Å². The molecule has 1 unspecified atom stereocenters. The molecule has 128 valence electrons. The first-order valence-electron chi connectivity index (χ1n) is 7.20. The molecule has 0 saturated carbocycles. The van der Waals surface area contributed by atoms with Crippen LogP contribution in [-0.2, 0) is 14.8 Å². The molecular formula is C13H20N4O5S. The number of hydrogen-bond acceptors (Lipinski definition) is 7. The predicted octanol–water partition coefficient (Wildman–Crippen LogP) is 0.375. The number of hydrogen-bond donors (Lipinski definition) is 2. The van der Waals surface area contributed by atoms with E-state index in [0.717, 1.165) is 25.7 Å². The van der Waals surface area contributed by atoms with Gasteiger partial charge in [0.15, 0.2) is 0 Å². The second kappa shape index (κ2) is 7.21. The minimum Gasteiger partial charge on any atom is -0.377 e. The summed E-state index contributed by atoms with van der Waals surface area (Å²) in [5.74, 6) is 0. The highest BCUT2D eigenvalue weighted by Crippen LogP contribution is 2.27. The summed E-state index contributed by atoms with van der Waals surface area (Å²) in [4.78, 5) is 12.4. The molecule has 1 aromatic rings. The van der Waals surface area contributed by atoms with E-state index in [2.05, 4.69) is 17.1 Å². The molecule has 3 N–H and O–H groups in total. The highest BCUT2D eigenvalue weighted by molar-refractivity contribution is 7.89. The van der Waals surface area contributed by atoms with Crippen molar-refractivity contribution in [3.63, 3.8) is 0 Å². The van der Waals surface area contributed by atoms with Crippen LogP contribution in [0.4, 0.5) is 11.4 Å². The van der Waals surface area contributed by atoms with Crippen LogP contribution in [-0.4, -0.2) is 57.1 Å². The Balaban J connectivity index is 2.12. The maximum Gasteiger partial charge on any atom is 0.293 e. The third-order valence-electron chi connectivity index (χ3n) is 3.68. The molecule has 2 rings (SSSR count). The van der Waals surface area contributed by atoms with Crippen molar-refractivity contribution in [2.45, 2.75) is 17.9 Å². The number of sulfonamides is 1. The van der Waals surface area contributed by atoms with Crippen LogP contribution < -0.4 is 10.5 Å². The molecular weight excluding hydrogens is 324 g/mol. The van der Waals surface area contributed by atoms with E-state index in [1.165, 1.54) is 12.1 Å². The molecule has 1 saturated heterocycles. The summed E-state index contributed by atoms with van der Waals surface area (Å²) in [7, 11) is -3.99. The Morgan fingerprint density at radius 3 is 2.87 bits per heavy atom. The van der Waals surface area contributed by atoms with E-state index in [1.54, 1.807) is 0 Å². The van der Waals surface area contributed by atoms with E-state index in [1.807, 2.05) is 0 Å². The molecule has 0 bridgehead atoms. The molecule has 1 fully saturated rings. The van der Waals surface area contributed by atoms with Gasteiger partial charge in [0.1, 0.15) is 5.69 Å². The molecule has 1 aliphatic heterocycles. The van der Waals surface area contributed by atoms with Crippen LogP contribution >= 0.6 is 0 Å². The minimum atomic E-state index is -3.99. The van der Waals surface area contributed by atoms with Crippen molar-refractivity contribution in [1.29, 1.82) is 0 Å². The molecule has 0 amide bonds. The van der Waals surface area contributed by atoms with Gasteiger partial charge in [0.2, 0.25) is 10.0 Å². The lowest BCUT2D eigenvalue weighted by atomic mass is 10.2.